The van der Waals surface area contributed by atoms with Gasteiger partial charge in [-0.25, -0.2) is 0 Å². The lowest BCUT2D eigenvalue weighted by Crippen LogP contribution is -2.23. The molecule has 0 bridgehead atoms. The Kier molecular flexibility index (Phi) is 8.91. The maximum Gasteiger partial charge on any atom is 0.437 e. The van der Waals surface area contributed by atoms with Crippen molar-refractivity contribution in [1.82, 2.24) is 0 Å². The molecule has 1 aromatic rings. The molecule has 0 aromatic heterocycles. The minimum atomic E-state index is -4.75. The molecular formula is C13H17F3N2O6S. The average Bonchev–Trinajstić information content (AvgIpc) is 2.47. The van der Waals surface area contributed by atoms with Gasteiger partial charge in [0.2, 0.25) is 5.90 Å². The fourth-order valence-electron chi connectivity index (χ4n) is 1.41. The molecule has 0 saturated carbocycles. The molecule has 142 valence electrons. The molecule has 0 saturated heterocycles. The van der Waals surface area contributed by atoms with Gasteiger partial charge < -0.3 is 15.2 Å². The van der Waals surface area contributed by atoms with E-state index in [1.54, 1.807) is 6.92 Å². The molecule has 0 heterocycles. The van der Waals surface area contributed by atoms with Gasteiger partial charge in [-0.2, -0.15) is 21.6 Å². The quantitative estimate of drug-likeness (QED) is 0.240. The summed E-state index contributed by atoms with van der Waals surface area (Å²) in [5, 5.41) is 21.7. The molecule has 0 atom stereocenters. The predicted octanol–water partition coefficient (Wildman–Crippen LogP) is 2.90. The molecular weight excluding hydrogens is 369 g/mol. The summed E-state index contributed by atoms with van der Waals surface area (Å²) in [6.45, 7) is 3.05. The minimum absolute atomic E-state index is 0.0605. The number of rotatable bonds is 4. The number of oxime groups is 2. The van der Waals surface area contributed by atoms with Gasteiger partial charge in [0.15, 0.2) is 5.71 Å². The fourth-order valence-corrected chi connectivity index (χ4v) is 1.92. The van der Waals surface area contributed by atoms with Crippen LogP contribution < -0.4 is 4.74 Å². The van der Waals surface area contributed by atoms with Gasteiger partial charge in [-0.1, -0.05) is 17.2 Å². The molecule has 0 unspecified atom stereocenters. The van der Waals surface area contributed by atoms with Crippen LogP contribution in [0, 0.1) is 0 Å². The molecule has 8 nitrogen and oxygen atoms in total. The van der Waals surface area contributed by atoms with Crippen molar-refractivity contribution in [3.8, 4) is 5.75 Å². The van der Waals surface area contributed by atoms with Gasteiger partial charge in [-0.3, -0.25) is 4.55 Å². The summed E-state index contributed by atoms with van der Waals surface area (Å²) in [5.41, 5.74) is -1.71. The van der Waals surface area contributed by atoms with Crippen LogP contribution >= 0.6 is 0 Å². The van der Waals surface area contributed by atoms with E-state index >= 15 is 0 Å². The van der Waals surface area contributed by atoms with Gasteiger partial charge >= 0.3 is 6.18 Å². The number of benzene rings is 1. The van der Waals surface area contributed by atoms with Gasteiger partial charge in [0.05, 0.1) is 5.75 Å². The van der Waals surface area contributed by atoms with E-state index in [0.717, 1.165) is 12.1 Å². The molecule has 0 spiro atoms. The zero-order valence-corrected chi connectivity index (χ0v) is 14.0. The lowest BCUT2D eigenvalue weighted by atomic mass is 10.1. The topological polar surface area (TPSA) is 129 Å². The van der Waals surface area contributed by atoms with Crippen molar-refractivity contribution >= 4 is 21.7 Å². The number of ether oxygens (including phenoxy) is 1. The van der Waals surface area contributed by atoms with Crippen LogP contribution in [-0.2, 0) is 10.1 Å². The van der Waals surface area contributed by atoms with Crippen LogP contribution in [0.5, 0.6) is 5.75 Å². The molecule has 1 aromatic carbocycles. The van der Waals surface area contributed by atoms with Crippen LogP contribution in [0.15, 0.2) is 34.6 Å². The van der Waals surface area contributed by atoms with E-state index in [2.05, 4.69) is 10.3 Å². The van der Waals surface area contributed by atoms with Gasteiger partial charge in [0, 0.05) is 12.5 Å². The summed E-state index contributed by atoms with van der Waals surface area (Å²) >= 11 is 0. The molecule has 0 fully saturated rings. The van der Waals surface area contributed by atoms with Gasteiger partial charge in [0.25, 0.3) is 10.1 Å². The largest absolute Gasteiger partial charge is 0.440 e. The third kappa shape index (κ3) is 9.52. The molecule has 1 rings (SSSR count). The van der Waals surface area contributed by atoms with Crippen LogP contribution in [0.3, 0.4) is 0 Å². The van der Waals surface area contributed by atoms with Gasteiger partial charge in [-0.05, 0) is 30.7 Å². The van der Waals surface area contributed by atoms with Crippen molar-refractivity contribution in [3.63, 3.8) is 0 Å². The first-order chi connectivity index (χ1) is 11.4. The van der Waals surface area contributed by atoms with E-state index in [1.807, 2.05) is 0 Å². The van der Waals surface area contributed by atoms with E-state index < -0.39 is 22.0 Å². The number of hydrogen-bond acceptors (Lipinski definition) is 7. The molecule has 0 aliphatic rings. The highest BCUT2D eigenvalue weighted by molar-refractivity contribution is 7.85. The number of alkyl halides is 3. The monoisotopic (exact) mass is 386 g/mol. The zero-order valence-electron chi connectivity index (χ0n) is 13.2. The first-order valence-electron chi connectivity index (χ1n) is 6.66. The van der Waals surface area contributed by atoms with E-state index in [-0.39, 0.29) is 23.0 Å². The lowest BCUT2D eigenvalue weighted by Gasteiger charge is -2.09. The van der Waals surface area contributed by atoms with E-state index in [9.17, 15) is 21.6 Å². The summed E-state index contributed by atoms with van der Waals surface area (Å²) in [6, 6.07) is 4.59. The smallest absolute Gasteiger partial charge is 0.437 e. The van der Waals surface area contributed by atoms with Crippen LogP contribution in [0.1, 0.15) is 25.8 Å². The van der Waals surface area contributed by atoms with E-state index in [4.69, 9.17) is 19.7 Å². The zero-order chi connectivity index (χ0) is 19.7. The fraction of sp³-hybridized carbons (Fsp3) is 0.385. The summed E-state index contributed by atoms with van der Waals surface area (Å²) in [5.74, 6) is -0.00404. The summed E-state index contributed by atoms with van der Waals surface area (Å²) in [6.07, 6.45) is -4.28. The molecule has 0 amide bonds. The second-order valence-electron chi connectivity index (χ2n) is 4.48. The Morgan fingerprint density at radius 3 is 1.96 bits per heavy atom. The number of halogens is 3. The Balaban J connectivity index is 0.000000697. The van der Waals surface area contributed by atoms with Gasteiger partial charge in [0.1, 0.15) is 5.75 Å². The first kappa shape index (κ1) is 22.7. The third-order valence-corrected chi connectivity index (χ3v) is 3.29. The molecule has 0 aliphatic carbocycles. The SMILES string of the molecule is CC(=NO)Oc1ccc(C(=NO)C(F)(F)F)cc1.CCCS(=O)(=O)O. The van der Waals surface area contributed by atoms with E-state index in [1.165, 1.54) is 19.1 Å². The van der Waals surface area contributed by atoms with Crippen LogP contribution in [-0.4, -0.2) is 46.9 Å². The molecule has 12 heteroatoms. The predicted molar refractivity (Wildman–Crippen MR) is 83.1 cm³/mol. The summed E-state index contributed by atoms with van der Waals surface area (Å²) < 4.78 is 69.7. The van der Waals surface area contributed by atoms with Crippen LogP contribution in [0.2, 0.25) is 0 Å². The first-order valence-corrected chi connectivity index (χ1v) is 8.26. The maximum atomic E-state index is 12.4. The highest BCUT2D eigenvalue weighted by Gasteiger charge is 2.37. The number of hydrogen-bond donors (Lipinski definition) is 3. The Morgan fingerprint density at radius 2 is 1.68 bits per heavy atom. The van der Waals surface area contributed by atoms with E-state index in [0.29, 0.717) is 6.42 Å². The van der Waals surface area contributed by atoms with Gasteiger partial charge in [-0.15, -0.1) is 0 Å². The standard InChI is InChI=1S/C10H9F3N2O3.C3H8O3S/c1-6(14-16)18-8-4-2-7(3-5-8)9(15-17)10(11,12)13;1-2-3-7(4,5)6/h2-5,16-17H,1H3;2-3H2,1H3,(H,4,5,6). The molecule has 0 aliphatic heterocycles. The summed E-state index contributed by atoms with van der Waals surface area (Å²) in [4.78, 5) is 0. The third-order valence-electron chi connectivity index (χ3n) is 2.36. The van der Waals surface area contributed by atoms with Crippen molar-refractivity contribution < 1.29 is 41.3 Å². The highest BCUT2D eigenvalue weighted by Crippen LogP contribution is 2.23. The van der Waals surface area contributed by atoms with Crippen molar-refractivity contribution in [2.24, 2.45) is 10.3 Å². The minimum Gasteiger partial charge on any atom is -0.440 e. The van der Waals surface area contributed by atoms with Crippen molar-refractivity contribution in [2.75, 3.05) is 5.75 Å². The number of nitrogens with zero attached hydrogens (tertiary/aromatic N) is 2. The van der Waals surface area contributed by atoms with Crippen molar-refractivity contribution in [1.29, 1.82) is 0 Å². The Bertz CT molecular complexity index is 699. The van der Waals surface area contributed by atoms with Crippen LogP contribution in [0.25, 0.3) is 0 Å². The Morgan fingerprint density at radius 1 is 1.16 bits per heavy atom. The second kappa shape index (κ2) is 9.84. The second-order valence-corrected chi connectivity index (χ2v) is 6.05. The molecule has 3 N–H and O–H groups in total. The van der Waals surface area contributed by atoms with Crippen molar-refractivity contribution in [2.45, 2.75) is 26.4 Å². The van der Waals surface area contributed by atoms with Crippen molar-refractivity contribution in [3.05, 3.63) is 29.8 Å². The Labute approximate surface area is 142 Å². The Hall–Kier alpha value is -2.34. The molecule has 25 heavy (non-hydrogen) atoms. The average molecular weight is 386 g/mol. The van der Waals surface area contributed by atoms with Crippen LogP contribution in [0.4, 0.5) is 13.2 Å². The lowest BCUT2D eigenvalue weighted by molar-refractivity contribution is -0.0601. The maximum absolute atomic E-state index is 12.4. The normalized spacial score (nSPS) is 13.0. The summed E-state index contributed by atoms with van der Waals surface area (Å²) in [7, 11) is -3.67. The molecule has 0 radical (unpaired) electrons. The highest BCUT2D eigenvalue weighted by atomic mass is 32.2.